The molecule has 1 aromatic rings. The van der Waals surface area contributed by atoms with Gasteiger partial charge in [-0.15, -0.1) is 0 Å². The fraction of sp³-hybridized carbons (Fsp3) is 0.538. The van der Waals surface area contributed by atoms with Gasteiger partial charge in [0, 0.05) is 6.04 Å². The van der Waals surface area contributed by atoms with Crippen LogP contribution in [0.4, 0.5) is 0 Å². The van der Waals surface area contributed by atoms with Gasteiger partial charge in [-0.1, -0.05) is 36.8 Å². The van der Waals surface area contributed by atoms with E-state index in [0.29, 0.717) is 6.04 Å². The van der Waals surface area contributed by atoms with Crippen molar-refractivity contribution >= 4 is 0 Å². The fourth-order valence-electron chi connectivity index (χ4n) is 2.21. The topological polar surface area (TPSA) is 12.0 Å². The minimum atomic E-state index is 0.686. The second-order valence-electron chi connectivity index (χ2n) is 4.28. The maximum absolute atomic E-state index is 3.45. The molecule has 0 saturated heterocycles. The molecule has 0 bridgehead atoms. The number of likely N-dealkylation sites (N-methyl/N-ethyl adjacent to an activating group) is 1. The quantitative estimate of drug-likeness (QED) is 0.767. The van der Waals surface area contributed by atoms with Gasteiger partial charge in [0.05, 0.1) is 0 Å². The maximum atomic E-state index is 3.45. The van der Waals surface area contributed by atoms with Gasteiger partial charge in [-0.25, -0.2) is 0 Å². The highest BCUT2D eigenvalue weighted by Gasteiger charge is 2.25. The van der Waals surface area contributed by atoms with E-state index in [1.54, 1.807) is 0 Å². The second-order valence-corrected chi connectivity index (χ2v) is 4.28. The van der Waals surface area contributed by atoms with E-state index in [0.717, 1.165) is 5.92 Å². The van der Waals surface area contributed by atoms with Crippen molar-refractivity contribution in [2.24, 2.45) is 5.92 Å². The molecule has 1 N–H and O–H groups in total. The number of rotatable bonds is 4. The van der Waals surface area contributed by atoms with Crippen molar-refractivity contribution in [3.63, 3.8) is 0 Å². The SMILES string of the molecule is CNC(Cc1ccccc1)C1CCC1. The van der Waals surface area contributed by atoms with Gasteiger partial charge >= 0.3 is 0 Å². The van der Waals surface area contributed by atoms with Crippen molar-refractivity contribution in [2.75, 3.05) is 7.05 Å². The Labute approximate surface area is 86.5 Å². The number of hydrogen-bond acceptors (Lipinski definition) is 1. The van der Waals surface area contributed by atoms with Gasteiger partial charge in [-0.3, -0.25) is 0 Å². The van der Waals surface area contributed by atoms with Gasteiger partial charge in [0.15, 0.2) is 0 Å². The van der Waals surface area contributed by atoms with E-state index >= 15 is 0 Å². The highest BCUT2D eigenvalue weighted by atomic mass is 14.9. The van der Waals surface area contributed by atoms with Gasteiger partial charge < -0.3 is 5.32 Å². The van der Waals surface area contributed by atoms with Crippen molar-refractivity contribution in [1.82, 2.24) is 5.32 Å². The minimum absolute atomic E-state index is 0.686. The average Bonchev–Trinajstić information content (AvgIpc) is 2.15. The lowest BCUT2D eigenvalue weighted by atomic mass is 9.78. The van der Waals surface area contributed by atoms with Gasteiger partial charge in [0.2, 0.25) is 0 Å². The lowest BCUT2D eigenvalue weighted by Crippen LogP contribution is -2.38. The summed E-state index contributed by atoms with van der Waals surface area (Å²) in [5, 5.41) is 3.45. The van der Waals surface area contributed by atoms with Crippen LogP contribution < -0.4 is 5.32 Å². The first-order chi connectivity index (χ1) is 6.90. The van der Waals surface area contributed by atoms with E-state index in [1.165, 1.54) is 31.2 Å². The Hall–Kier alpha value is -0.820. The monoisotopic (exact) mass is 189 g/mol. The largest absolute Gasteiger partial charge is 0.316 e. The molecule has 1 nitrogen and oxygen atoms in total. The summed E-state index contributed by atoms with van der Waals surface area (Å²) in [5.41, 5.74) is 1.46. The van der Waals surface area contributed by atoms with Gasteiger partial charge in [0.1, 0.15) is 0 Å². The molecule has 0 radical (unpaired) electrons. The third-order valence-corrected chi connectivity index (χ3v) is 3.39. The molecule has 0 amide bonds. The molecule has 0 aromatic heterocycles. The smallest absolute Gasteiger partial charge is 0.0133 e. The van der Waals surface area contributed by atoms with Gasteiger partial charge in [0.25, 0.3) is 0 Å². The summed E-state index contributed by atoms with van der Waals surface area (Å²) in [6.07, 6.45) is 5.44. The first-order valence-electron chi connectivity index (χ1n) is 5.61. The van der Waals surface area contributed by atoms with Crippen LogP contribution in [0, 0.1) is 5.92 Å². The Balaban J connectivity index is 1.94. The molecule has 0 heterocycles. The Morgan fingerprint density at radius 2 is 2.00 bits per heavy atom. The predicted molar refractivity (Wildman–Crippen MR) is 60.3 cm³/mol. The van der Waals surface area contributed by atoms with Crippen LogP contribution in [-0.2, 0) is 6.42 Å². The van der Waals surface area contributed by atoms with Gasteiger partial charge in [-0.05, 0) is 37.8 Å². The van der Waals surface area contributed by atoms with Crippen molar-refractivity contribution in [3.8, 4) is 0 Å². The molecule has 1 heteroatoms. The summed E-state index contributed by atoms with van der Waals surface area (Å²) in [4.78, 5) is 0. The minimum Gasteiger partial charge on any atom is -0.316 e. The molecule has 1 aliphatic rings. The molecule has 0 spiro atoms. The third kappa shape index (κ3) is 2.16. The summed E-state index contributed by atoms with van der Waals surface area (Å²) < 4.78 is 0. The molecule has 0 aliphatic heterocycles. The average molecular weight is 189 g/mol. The van der Waals surface area contributed by atoms with Crippen LogP contribution in [0.3, 0.4) is 0 Å². The summed E-state index contributed by atoms with van der Waals surface area (Å²) in [6, 6.07) is 11.5. The second kappa shape index (κ2) is 4.61. The van der Waals surface area contributed by atoms with Crippen LogP contribution in [0.25, 0.3) is 0 Å². The van der Waals surface area contributed by atoms with Crippen molar-refractivity contribution < 1.29 is 0 Å². The zero-order valence-electron chi connectivity index (χ0n) is 8.87. The summed E-state index contributed by atoms with van der Waals surface area (Å²) in [5.74, 6) is 0.917. The van der Waals surface area contributed by atoms with Crippen LogP contribution in [0.5, 0.6) is 0 Å². The first kappa shape index (κ1) is 9.72. The van der Waals surface area contributed by atoms with E-state index < -0.39 is 0 Å². The van der Waals surface area contributed by atoms with Crippen LogP contribution in [0.1, 0.15) is 24.8 Å². The highest BCUT2D eigenvalue weighted by molar-refractivity contribution is 5.16. The Morgan fingerprint density at radius 1 is 1.29 bits per heavy atom. The predicted octanol–water partition coefficient (Wildman–Crippen LogP) is 2.62. The van der Waals surface area contributed by atoms with E-state index in [4.69, 9.17) is 0 Å². The van der Waals surface area contributed by atoms with E-state index in [-0.39, 0.29) is 0 Å². The lowest BCUT2D eigenvalue weighted by Gasteiger charge is -2.33. The molecule has 1 fully saturated rings. The van der Waals surface area contributed by atoms with E-state index in [9.17, 15) is 0 Å². The molecule has 1 aliphatic carbocycles. The maximum Gasteiger partial charge on any atom is 0.0133 e. The van der Waals surface area contributed by atoms with Gasteiger partial charge in [-0.2, -0.15) is 0 Å². The standard InChI is InChI=1S/C13H19N/c1-14-13(12-8-5-9-12)10-11-6-3-2-4-7-11/h2-4,6-7,12-14H,5,8-10H2,1H3. The number of benzene rings is 1. The van der Waals surface area contributed by atoms with Crippen molar-refractivity contribution in [3.05, 3.63) is 35.9 Å². The Bertz CT molecular complexity index is 264. The normalized spacial score (nSPS) is 18.9. The lowest BCUT2D eigenvalue weighted by molar-refractivity contribution is 0.236. The Kier molecular flexibility index (Phi) is 3.20. The molecule has 1 atom stereocenters. The number of nitrogens with one attached hydrogen (secondary N) is 1. The molecule has 1 aromatic carbocycles. The molecular weight excluding hydrogens is 170 g/mol. The summed E-state index contributed by atoms with van der Waals surface area (Å²) >= 11 is 0. The van der Waals surface area contributed by atoms with E-state index in [1.807, 2.05) is 0 Å². The highest BCUT2D eigenvalue weighted by Crippen LogP contribution is 2.30. The summed E-state index contributed by atoms with van der Waals surface area (Å²) in [7, 11) is 2.09. The molecule has 2 rings (SSSR count). The fourth-order valence-corrected chi connectivity index (χ4v) is 2.21. The molecular formula is C13H19N. The van der Waals surface area contributed by atoms with Crippen LogP contribution in [-0.4, -0.2) is 13.1 Å². The summed E-state index contributed by atoms with van der Waals surface area (Å²) in [6.45, 7) is 0. The third-order valence-electron chi connectivity index (χ3n) is 3.39. The number of hydrogen-bond donors (Lipinski definition) is 1. The molecule has 1 saturated carbocycles. The van der Waals surface area contributed by atoms with Crippen molar-refractivity contribution in [2.45, 2.75) is 31.7 Å². The van der Waals surface area contributed by atoms with Crippen LogP contribution in [0.15, 0.2) is 30.3 Å². The molecule has 1 unspecified atom stereocenters. The zero-order valence-corrected chi connectivity index (χ0v) is 8.87. The van der Waals surface area contributed by atoms with Crippen LogP contribution >= 0.6 is 0 Å². The first-order valence-corrected chi connectivity index (χ1v) is 5.61. The molecule has 14 heavy (non-hydrogen) atoms. The van der Waals surface area contributed by atoms with Crippen LogP contribution in [0.2, 0.25) is 0 Å². The van der Waals surface area contributed by atoms with Crippen molar-refractivity contribution in [1.29, 1.82) is 0 Å². The Morgan fingerprint density at radius 3 is 2.50 bits per heavy atom. The zero-order chi connectivity index (χ0) is 9.80. The molecule has 76 valence electrons. The van der Waals surface area contributed by atoms with E-state index in [2.05, 4.69) is 42.7 Å².